The molecule has 5 nitrogen and oxygen atoms in total. The number of ether oxygens (including phenoxy) is 2. The number of hydrogen-bond acceptors (Lipinski definition) is 4. The van der Waals surface area contributed by atoms with E-state index in [2.05, 4.69) is 15.9 Å². The van der Waals surface area contributed by atoms with E-state index in [1.807, 2.05) is 73.7 Å². The average molecular weight is 461 g/mol. The van der Waals surface area contributed by atoms with Gasteiger partial charge in [0.25, 0.3) is 5.91 Å². The number of amidine groups is 1. The normalized spacial score (nSPS) is 16.3. The molecule has 0 N–H and O–H groups in total. The molecule has 0 atom stereocenters. The molecular formula is C24H17BrN2O3. The Hall–Kier alpha value is -3.38. The van der Waals surface area contributed by atoms with Crippen LogP contribution in [0, 0.1) is 6.92 Å². The number of aliphatic imine (C=N–C) groups is 1. The molecule has 0 spiro atoms. The lowest BCUT2D eigenvalue weighted by atomic mass is 10.1. The molecular weight excluding hydrogens is 444 g/mol. The quantitative estimate of drug-likeness (QED) is 0.496. The third kappa shape index (κ3) is 3.39. The van der Waals surface area contributed by atoms with Crippen molar-refractivity contribution in [2.45, 2.75) is 6.92 Å². The Bertz CT molecular complexity index is 1230. The first-order chi connectivity index (χ1) is 14.6. The van der Waals surface area contributed by atoms with E-state index in [9.17, 15) is 4.79 Å². The lowest BCUT2D eigenvalue weighted by Crippen LogP contribution is -2.32. The Morgan fingerprint density at radius 2 is 1.83 bits per heavy atom. The highest BCUT2D eigenvalue weighted by Gasteiger charge is 2.32. The summed E-state index contributed by atoms with van der Waals surface area (Å²) < 4.78 is 11.7. The highest BCUT2D eigenvalue weighted by Crippen LogP contribution is 2.34. The van der Waals surface area contributed by atoms with Gasteiger partial charge >= 0.3 is 0 Å². The van der Waals surface area contributed by atoms with Gasteiger partial charge in [0, 0.05) is 10.0 Å². The van der Waals surface area contributed by atoms with Crippen LogP contribution >= 0.6 is 15.9 Å². The number of amides is 1. The molecule has 5 rings (SSSR count). The molecule has 30 heavy (non-hydrogen) atoms. The SMILES string of the molecule is Cc1cccc(C2=N/C(=C/c3ccc4c(c3)OCO4)C(=O)N2c2cccc(Br)c2)c1. The van der Waals surface area contributed by atoms with Gasteiger partial charge in [0.1, 0.15) is 11.5 Å². The summed E-state index contributed by atoms with van der Waals surface area (Å²) in [5.74, 6) is 1.80. The van der Waals surface area contributed by atoms with Gasteiger partial charge in [-0.25, -0.2) is 4.99 Å². The summed E-state index contributed by atoms with van der Waals surface area (Å²) in [5.41, 5.74) is 3.93. The lowest BCUT2D eigenvalue weighted by molar-refractivity contribution is -0.113. The Kier molecular flexibility index (Phi) is 4.64. The minimum absolute atomic E-state index is 0.178. The van der Waals surface area contributed by atoms with Crippen LogP contribution in [0.15, 0.2) is 81.9 Å². The fourth-order valence-electron chi connectivity index (χ4n) is 3.51. The average Bonchev–Trinajstić information content (AvgIpc) is 3.32. The summed E-state index contributed by atoms with van der Waals surface area (Å²) in [7, 11) is 0. The van der Waals surface area contributed by atoms with Crippen molar-refractivity contribution in [2.24, 2.45) is 4.99 Å². The Labute approximate surface area is 182 Å². The van der Waals surface area contributed by atoms with Gasteiger partial charge in [0.15, 0.2) is 11.5 Å². The molecule has 2 heterocycles. The van der Waals surface area contributed by atoms with E-state index in [4.69, 9.17) is 14.5 Å². The topological polar surface area (TPSA) is 51.1 Å². The molecule has 0 radical (unpaired) electrons. The fraction of sp³-hybridized carbons (Fsp3) is 0.0833. The molecule has 0 aromatic heterocycles. The van der Waals surface area contributed by atoms with Crippen molar-refractivity contribution in [3.05, 3.63) is 93.6 Å². The van der Waals surface area contributed by atoms with E-state index >= 15 is 0 Å². The Balaban J connectivity index is 1.61. The largest absolute Gasteiger partial charge is 0.454 e. The molecule has 2 aliphatic heterocycles. The lowest BCUT2D eigenvalue weighted by Gasteiger charge is -2.19. The van der Waals surface area contributed by atoms with Crippen molar-refractivity contribution in [1.82, 2.24) is 0 Å². The molecule has 0 bridgehead atoms. The number of carbonyl (C=O) groups excluding carboxylic acids is 1. The third-order valence-corrected chi connectivity index (χ3v) is 5.40. The first-order valence-corrected chi connectivity index (χ1v) is 10.2. The van der Waals surface area contributed by atoms with E-state index in [-0.39, 0.29) is 12.7 Å². The maximum absolute atomic E-state index is 13.4. The van der Waals surface area contributed by atoms with E-state index in [0.29, 0.717) is 23.0 Å². The van der Waals surface area contributed by atoms with Gasteiger partial charge in [-0.1, -0.05) is 51.8 Å². The van der Waals surface area contributed by atoms with Crippen LogP contribution in [-0.2, 0) is 4.79 Å². The monoisotopic (exact) mass is 460 g/mol. The number of nitrogens with zero attached hydrogens (tertiary/aromatic N) is 2. The minimum atomic E-state index is -0.178. The number of rotatable bonds is 3. The van der Waals surface area contributed by atoms with Crippen molar-refractivity contribution in [2.75, 3.05) is 11.7 Å². The molecule has 0 fully saturated rings. The second-order valence-electron chi connectivity index (χ2n) is 7.07. The van der Waals surface area contributed by atoms with Gasteiger partial charge < -0.3 is 9.47 Å². The minimum Gasteiger partial charge on any atom is -0.454 e. The Morgan fingerprint density at radius 3 is 2.67 bits per heavy atom. The predicted octanol–water partition coefficient (Wildman–Crippen LogP) is 5.32. The van der Waals surface area contributed by atoms with Gasteiger partial charge in [-0.3, -0.25) is 9.69 Å². The van der Waals surface area contributed by atoms with Crippen molar-refractivity contribution >= 4 is 39.4 Å². The van der Waals surface area contributed by atoms with Crippen LogP contribution in [0.25, 0.3) is 6.08 Å². The summed E-state index contributed by atoms with van der Waals surface area (Å²) in [6.07, 6.45) is 1.78. The third-order valence-electron chi connectivity index (χ3n) is 4.90. The highest BCUT2D eigenvalue weighted by atomic mass is 79.9. The van der Waals surface area contributed by atoms with E-state index in [0.717, 1.165) is 26.9 Å². The fourth-order valence-corrected chi connectivity index (χ4v) is 3.90. The number of fused-ring (bicyclic) bond motifs is 1. The van der Waals surface area contributed by atoms with Gasteiger partial charge in [-0.2, -0.15) is 0 Å². The molecule has 0 saturated carbocycles. The van der Waals surface area contributed by atoms with Crippen LogP contribution in [0.2, 0.25) is 0 Å². The molecule has 0 unspecified atom stereocenters. The summed E-state index contributed by atoms with van der Waals surface area (Å²) >= 11 is 3.50. The highest BCUT2D eigenvalue weighted by molar-refractivity contribution is 9.10. The summed E-state index contributed by atoms with van der Waals surface area (Å²) in [5, 5.41) is 0. The van der Waals surface area contributed by atoms with Crippen molar-refractivity contribution in [3.63, 3.8) is 0 Å². The summed E-state index contributed by atoms with van der Waals surface area (Å²) in [6.45, 7) is 2.23. The number of hydrogen-bond donors (Lipinski definition) is 0. The molecule has 1 amide bonds. The molecule has 3 aromatic carbocycles. The van der Waals surface area contributed by atoms with Gasteiger partial charge in [-0.05, 0) is 55.0 Å². The summed E-state index contributed by atoms with van der Waals surface area (Å²) in [4.78, 5) is 19.8. The molecule has 0 saturated heterocycles. The van der Waals surface area contributed by atoms with Crippen LogP contribution in [0.3, 0.4) is 0 Å². The smallest absolute Gasteiger partial charge is 0.282 e. The second-order valence-corrected chi connectivity index (χ2v) is 7.98. The van der Waals surface area contributed by atoms with Crippen molar-refractivity contribution < 1.29 is 14.3 Å². The zero-order valence-corrected chi connectivity index (χ0v) is 17.7. The second kappa shape index (κ2) is 7.46. The van der Waals surface area contributed by atoms with Crippen LogP contribution in [-0.4, -0.2) is 18.5 Å². The summed E-state index contributed by atoms with van der Waals surface area (Å²) in [6, 6.07) is 21.2. The molecule has 3 aromatic rings. The number of anilines is 1. The van der Waals surface area contributed by atoms with Crippen LogP contribution in [0.5, 0.6) is 11.5 Å². The first-order valence-electron chi connectivity index (χ1n) is 9.45. The van der Waals surface area contributed by atoms with Gasteiger partial charge in [-0.15, -0.1) is 0 Å². The predicted molar refractivity (Wildman–Crippen MR) is 120 cm³/mol. The number of aryl methyl sites for hydroxylation is 1. The maximum Gasteiger partial charge on any atom is 0.282 e. The van der Waals surface area contributed by atoms with Crippen LogP contribution in [0.1, 0.15) is 16.7 Å². The molecule has 2 aliphatic rings. The first kappa shape index (κ1) is 18.6. The Morgan fingerprint density at radius 1 is 1.00 bits per heavy atom. The van der Waals surface area contributed by atoms with Crippen LogP contribution in [0.4, 0.5) is 5.69 Å². The molecule has 0 aliphatic carbocycles. The zero-order valence-electron chi connectivity index (χ0n) is 16.1. The van der Waals surface area contributed by atoms with E-state index in [1.165, 1.54) is 0 Å². The van der Waals surface area contributed by atoms with Gasteiger partial charge in [0.2, 0.25) is 6.79 Å². The zero-order chi connectivity index (χ0) is 20.7. The van der Waals surface area contributed by atoms with Gasteiger partial charge in [0.05, 0.1) is 5.69 Å². The molecule has 6 heteroatoms. The number of benzene rings is 3. The van der Waals surface area contributed by atoms with Crippen molar-refractivity contribution in [1.29, 1.82) is 0 Å². The van der Waals surface area contributed by atoms with Crippen molar-refractivity contribution in [3.8, 4) is 11.5 Å². The van der Waals surface area contributed by atoms with E-state index in [1.54, 1.807) is 11.0 Å². The number of carbonyl (C=O) groups is 1. The molecule has 148 valence electrons. The maximum atomic E-state index is 13.4. The van der Waals surface area contributed by atoms with E-state index < -0.39 is 0 Å². The standard InChI is InChI=1S/C24H17BrN2O3/c1-15-4-2-5-17(10-15)23-26-20(11-16-8-9-21-22(12-16)30-14-29-21)24(28)27(23)19-7-3-6-18(25)13-19/h2-13H,14H2,1H3/b20-11+. The van der Waals surface area contributed by atoms with Crippen LogP contribution < -0.4 is 14.4 Å². The number of halogens is 1.